The Kier molecular flexibility index (Phi) is 12.9. The molecule has 0 aliphatic carbocycles. The first kappa shape index (κ1) is 35.4. The second-order valence-corrected chi connectivity index (χ2v) is 16.1. The zero-order valence-corrected chi connectivity index (χ0v) is 28.8. The van der Waals surface area contributed by atoms with Gasteiger partial charge in [-0.2, -0.15) is 0 Å². The molecule has 11 atom stereocenters. The van der Waals surface area contributed by atoms with Crippen molar-refractivity contribution in [3.63, 3.8) is 0 Å². The molecule has 4 aliphatic heterocycles. The lowest BCUT2D eigenvalue weighted by atomic mass is 9.85. The fourth-order valence-corrected chi connectivity index (χ4v) is 9.22. The zero-order chi connectivity index (χ0) is 32.1. The molecule has 0 radical (unpaired) electrons. The van der Waals surface area contributed by atoms with Crippen LogP contribution in [0.25, 0.3) is 0 Å². The van der Waals surface area contributed by atoms with E-state index >= 15 is 0 Å². The first-order valence-corrected chi connectivity index (χ1v) is 18.9. The molecule has 6 N–H and O–H groups in total. The summed E-state index contributed by atoms with van der Waals surface area (Å²) < 4.78 is 12.5. The van der Waals surface area contributed by atoms with Crippen molar-refractivity contribution >= 4 is 29.4 Å². The van der Waals surface area contributed by atoms with E-state index in [2.05, 4.69) is 59.0 Å². The summed E-state index contributed by atoms with van der Waals surface area (Å²) in [6.07, 6.45) is -0.0943. The van der Waals surface area contributed by atoms with Crippen LogP contribution in [-0.4, -0.2) is 125 Å². The van der Waals surface area contributed by atoms with Crippen LogP contribution in [0.2, 0.25) is 0 Å². The number of amides is 1. The number of thioether (sulfide) groups is 2. The lowest BCUT2D eigenvalue weighted by Crippen LogP contribution is -2.65. The minimum absolute atomic E-state index is 0.189. The van der Waals surface area contributed by atoms with Crippen molar-refractivity contribution in [2.75, 3.05) is 45.6 Å². The Bertz CT molecular complexity index is 1080. The van der Waals surface area contributed by atoms with Gasteiger partial charge in [0.05, 0.1) is 12.1 Å². The molecule has 5 rings (SSSR count). The molecule has 0 aromatic heterocycles. The predicted molar refractivity (Wildman–Crippen MR) is 179 cm³/mol. The third-order valence-electron chi connectivity index (χ3n) is 9.82. The van der Waals surface area contributed by atoms with Gasteiger partial charge in [-0.3, -0.25) is 9.69 Å². The second-order valence-electron chi connectivity index (χ2n) is 13.7. The van der Waals surface area contributed by atoms with Crippen molar-refractivity contribution in [2.24, 2.45) is 17.8 Å². The Morgan fingerprint density at radius 3 is 2.51 bits per heavy atom. The molecule has 4 saturated heterocycles. The first-order chi connectivity index (χ1) is 21.6. The molecule has 0 spiro atoms. The molecule has 1 amide bonds. The zero-order valence-electron chi connectivity index (χ0n) is 27.1. The van der Waals surface area contributed by atoms with Gasteiger partial charge in [-0.1, -0.05) is 32.9 Å². The maximum Gasteiger partial charge on any atom is 0.240 e. The maximum absolute atomic E-state index is 14.0. The molecule has 1 aromatic rings. The molecule has 4 heterocycles. The van der Waals surface area contributed by atoms with Crippen LogP contribution < -0.4 is 16.0 Å². The molecule has 0 bridgehead atoms. The van der Waals surface area contributed by atoms with Crippen LogP contribution in [0.1, 0.15) is 45.6 Å². The molecule has 0 unspecified atom stereocenters. The summed E-state index contributed by atoms with van der Waals surface area (Å²) in [5.74, 6) is 1.30. The number of fused-ring (bicyclic) bond motifs is 1. The molecule has 1 aromatic carbocycles. The van der Waals surface area contributed by atoms with Gasteiger partial charge in [0.2, 0.25) is 5.91 Å². The van der Waals surface area contributed by atoms with E-state index in [1.54, 1.807) is 18.0 Å². The third kappa shape index (κ3) is 8.95. The number of hydrogen-bond donors (Lipinski definition) is 6. The van der Waals surface area contributed by atoms with Gasteiger partial charge in [-0.05, 0) is 61.0 Å². The Morgan fingerprint density at radius 1 is 1.09 bits per heavy atom. The van der Waals surface area contributed by atoms with Crippen LogP contribution in [-0.2, 0) is 20.8 Å². The van der Waals surface area contributed by atoms with Crippen LogP contribution in [0.5, 0.6) is 0 Å². The number of aliphatic hydroxyl groups is 3. The van der Waals surface area contributed by atoms with Crippen LogP contribution in [0, 0.1) is 17.8 Å². The quantitative estimate of drug-likeness (QED) is 0.193. The van der Waals surface area contributed by atoms with Gasteiger partial charge in [0.25, 0.3) is 0 Å². The van der Waals surface area contributed by atoms with Crippen LogP contribution >= 0.6 is 23.5 Å². The van der Waals surface area contributed by atoms with E-state index in [0.717, 1.165) is 57.0 Å². The van der Waals surface area contributed by atoms with Gasteiger partial charge >= 0.3 is 0 Å². The number of rotatable bonds is 11. The number of benzene rings is 1. The average molecular weight is 667 g/mol. The summed E-state index contributed by atoms with van der Waals surface area (Å²) in [5, 5.41) is 42.3. The monoisotopic (exact) mass is 666 g/mol. The minimum Gasteiger partial charge on any atom is -0.388 e. The normalized spacial score (nSPS) is 35.9. The number of nitrogens with one attached hydrogen (secondary N) is 3. The number of hydrogen-bond acceptors (Lipinski definition) is 11. The van der Waals surface area contributed by atoms with E-state index < -0.39 is 41.9 Å². The Labute approximate surface area is 277 Å². The van der Waals surface area contributed by atoms with E-state index in [9.17, 15) is 20.1 Å². The first-order valence-electron chi connectivity index (χ1n) is 16.7. The van der Waals surface area contributed by atoms with Gasteiger partial charge in [0, 0.05) is 56.0 Å². The molecule has 12 heteroatoms. The summed E-state index contributed by atoms with van der Waals surface area (Å²) in [5.41, 5.74) is 0.525. The van der Waals surface area contributed by atoms with Crippen molar-refractivity contribution in [2.45, 2.75) is 105 Å². The standard InChI is InChI=1S/C33H54N4O6S2/c1-19(2)15-22-9-14-42-30-23(16-22)17-35-26(30)32(41)36-25(31-28(39)27(38)29(40)33(43-31)44-4)20(3)45-24-7-5-21(6-8-24)18-37-12-10-34-11-13-37/h5-8,19-20,22-23,25-31,33-35,38-40H,9-18H2,1-4H3,(H,36,41)/t20-,22-,23-,25+,26-,27-,28+,29+,30+,31+,33+/m0/s1. The number of nitrogens with zero attached hydrogens (tertiary/aromatic N) is 1. The van der Waals surface area contributed by atoms with Crippen molar-refractivity contribution in [1.29, 1.82) is 0 Å². The summed E-state index contributed by atoms with van der Waals surface area (Å²) in [6, 6.07) is 7.36. The highest BCUT2D eigenvalue weighted by atomic mass is 32.2. The fraction of sp³-hybridized carbons (Fsp3) is 0.788. The number of ether oxygens (including phenoxy) is 2. The SMILES string of the molecule is CS[C@H]1O[C@H]([C@H](NC(=O)[C@H]2NC[C@@H]3C[C@H](CC(C)C)CCO[C@H]32)[C@H](C)Sc2ccc(CN3CCNCC3)cc2)[C@H](O)[C@H](O)[C@H]1O. The second kappa shape index (κ2) is 16.5. The van der Waals surface area contributed by atoms with Crippen molar-refractivity contribution in [1.82, 2.24) is 20.9 Å². The Hall–Kier alpha value is -0.930. The van der Waals surface area contributed by atoms with Gasteiger partial charge < -0.3 is 40.7 Å². The number of aliphatic hydroxyl groups excluding tert-OH is 3. The molecule has 4 fully saturated rings. The molecular formula is C33H54N4O6S2. The highest BCUT2D eigenvalue weighted by Crippen LogP contribution is 2.36. The molecule has 254 valence electrons. The summed E-state index contributed by atoms with van der Waals surface area (Å²) in [6.45, 7) is 12.9. The van der Waals surface area contributed by atoms with E-state index in [0.29, 0.717) is 18.4 Å². The summed E-state index contributed by atoms with van der Waals surface area (Å²) in [7, 11) is 0. The van der Waals surface area contributed by atoms with E-state index in [1.807, 2.05) is 6.92 Å². The van der Waals surface area contributed by atoms with E-state index in [1.165, 1.54) is 23.7 Å². The molecule has 45 heavy (non-hydrogen) atoms. The summed E-state index contributed by atoms with van der Waals surface area (Å²) in [4.78, 5) is 17.5. The lowest BCUT2D eigenvalue weighted by Gasteiger charge is -2.44. The van der Waals surface area contributed by atoms with Gasteiger partial charge in [0.1, 0.15) is 35.9 Å². The van der Waals surface area contributed by atoms with Crippen molar-refractivity contribution in [3.05, 3.63) is 29.8 Å². The molecule has 10 nitrogen and oxygen atoms in total. The van der Waals surface area contributed by atoms with Gasteiger partial charge in [-0.25, -0.2) is 0 Å². The predicted octanol–water partition coefficient (Wildman–Crippen LogP) is 1.66. The van der Waals surface area contributed by atoms with Crippen molar-refractivity contribution < 1.29 is 29.6 Å². The highest BCUT2D eigenvalue weighted by molar-refractivity contribution is 8.00. The fourth-order valence-electron chi connectivity index (χ4n) is 7.45. The lowest BCUT2D eigenvalue weighted by molar-refractivity contribution is -0.205. The molecule has 0 saturated carbocycles. The van der Waals surface area contributed by atoms with Crippen LogP contribution in [0.4, 0.5) is 0 Å². The van der Waals surface area contributed by atoms with E-state index in [4.69, 9.17) is 9.47 Å². The van der Waals surface area contributed by atoms with Gasteiger partial charge in [-0.15, -0.1) is 23.5 Å². The van der Waals surface area contributed by atoms with Crippen LogP contribution in [0.15, 0.2) is 29.2 Å². The molecular weight excluding hydrogens is 613 g/mol. The number of piperazine rings is 1. The Balaban J connectivity index is 1.30. The third-order valence-corrected chi connectivity index (χ3v) is 11.9. The minimum atomic E-state index is -1.39. The van der Waals surface area contributed by atoms with Crippen molar-refractivity contribution in [3.8, 4) is 0 Å². The Morgan fingerprint density at radius 2 is 1.82 bits per heavy atom. The topological polar surface area (TPSA) is 136 Å². The highest BCUT2D eigenvalue weighted by Gasteiger charge is 2.50. The smallest absolute Gasteiger partial charge is 0.240 e. The van der Waals surface area contributed by atoms with Crippen LogP contribution in [0.3, 0.4) is 0 Å². The van der Waals surface area contributed by atoms with E-state index in [-0.39, 0.29) is 23.2 Å². The summed E-state index contributed by atoms with van der Waals surface area (Å²) >= 11 is 2.87. The number of carbonyl (C=O) groups is 1. The maximum atomic E-state index is 14.0. The van der Waals surface area contributed by atoms with Gasteiger partial charge in [0.15, 0.2) is 0 Å². The number of carbonyl (C=O) groups excluding carboxylic acids is 1. The molecule has 4 aliphatic rings. The largest absolute Gasteiger partial charge is 0.388 e. The average Bonchev–Trinajstić information content (AvgIpc) is 3.31.